The first kappa shape index (κ1) is 14.0. The zero-order valence-electron chi connectivity index (χ0n) is 13.1. The highest BCUT2D eigenvalue weighted by Crippen LogP contribution is 2.35. The summed E-state index contributed by atoms with van der Waals surface area (Å²) < 4.78 is 5.26. The number of benzene rings is 2. The third kappa shape index (κ3) is 2.61. The second-order valence-electron chi connectivity index (χ2n) is 5.84. The summed E-state index contributed by atoms with van der Waals surface area (Å²) in [7, 11) is 1.70. The summed E-state index contributed by atoms with van der Waals surface area (Å²) in [6, 6.07) is 16.7. The first-order valence-corrected chi connectivity index (χ1v) is 7.97. The lowest BCUT2D eigenvalue weighted by Gasteiger charge is -2.26. The van der Waals surface area contributed by atoms with Crippen LogP contribution in [0, 0.1) is 0 Å². The van der Waals surface area contributed by atoms with Crippen molar-refractivity contribution in [3.8, 4) is 5.75 Å². The molecule has 1 aliphatic rings. The molecule has 0 N–H and O–H groups in total. The van der Waals surface area contributed by atoms with Gasteiger partial charge in [0.1, 0.15) is 11.6 Å². The first-order chi connectivity index (χ1) is 11.3. The van der Waals surface area contributed by atoms with E-state index in [-0.39, 0.29) is 0 Å². The number of fused-ring (bicyclic) bond motifs is 1. The van der Waals surface area contributed by atoms with Crippen LogP contribution in [0.3, 0.4) is 0 Å². The number of nitrogens with zero attached hydrogens (tertiary/aromatic N) is 3. The highest BCUT2D eigenvalue weighted by atomic mass is 16.5. The Morgan fingerprint density at radius 1 is 1.04 bits per heavy atom. The van der Waals surface area contributed by atoms with Crippen LogP contribution >= 0.6 is 0 Å². The molecule has 116 valence electrons. The molecule has 4 rings (SSSR count). The first-order valence-electron chi connectivity index (χ1n) is 7.97. The molecular formula is C19H19N3O. The fourth-order valence-corrected chi connectivity index (χ4v) is 3.30. The van der Waals surface area contributed by atoms with Crippen molar-refractivity contribution in [3.05, 3.63) is 60.3 Å². The Bertz CT molecular complexity index is 816. The lowest BCUT2D eigenvalue weighted by atomic mass is 10.0. The summed E-state index contributed by atoms with van der Waals surface area (Å²) in [5.41, 5.74) is 3.19. The summed E-state index contributed by atoms with van der Waals surface area (Å²) in [6.07, 6.45) is 4.20. The van der Waals surface area contributed by atoms with E-state index in [0.717, 1.165) is 35.6 Å². The normalized spacial score (nSPS) is 17.6. The van der Waals surface area contributed by atoms with Crippen LogP contribution in [-0.2, 0) is 0 Å². The van der Waals surface area contributed by atoms with Crippen LogP contribution in [0.5, 0.6) is 5.75 Å². The molecule has 0 spiro atoms. The molecule has 0 amide bonds. The number of hydrogen-bond acceptors (Lipinski definition) is 4. The molecule has 1 aromatic heterocycles. The lowest BCUT2D eigenvalue weighted by molar-refractivity contribution is 0.414. The second-order valence-corrected chi connectivity index (χ2v) is 5.84. The Labute approximate surface area is 135 Å². The highest BCUT2D eigenvalue weighted by molar-refractivity contribution is 5.75. The van der Waals surface area contributed by atoms with Gasteiger partial charge in [0.2, 0.25) is 0 Å². The molecule has 2 aromatic carbocycles. The topological polar surface area (TPSA) is 38.2 Å². The number of para-hydroxylation sites is 2. The van der Waals surface area contributed by atoms with Crippen molar-refractivity contribution in [3.63, 3.8) is 0 Å². The van der Waals surface area contributed by atoms with E-state index < -0.39 is 0 Å². The minimum atomic E-state index is 0.358. The minimum absolute atomic E-state index is 0.358. The van der Waals surface area contributed by atoms with Gasteiger partial charge >= 0.3 is 0 Å². The van der Waals surface area contributed by atoms with Crippen molar-refractivity contribution in [1.29, 1.82) is 0 Å². The zero-order valence-corrected chi connectivity index (χ0v) is 13.1. The van der Waals surface area contributed by atoms with E-state index >= 15 is 0 Å². The van der Waals surface area contributed by atoms with Crippen molar-refractivity contribution in [2.75, 3.05) is 18.6 Å². The third-order valence-electron chi connectivity index (χ3n) is 4.48. The zero-order chi connectivity index (χ0) is 15.6. The predicted molar refractivity (Wildman–Crippen MR) is 91.9 cm³/mol. The summed E-state index contributed by atoms with van der Waals surface area (Å²) in [6.45, 7) is 1.02. The van der Waals surface area contributed by atoms with Crippen LogP contribution in [0.2, 0.25) is 0 Å². The van der Waals surface area contributed by atoms with Gasteiger partial charge in [-0.3, -0.25) is 4.98 Å². The number of aromatic nitrogens is 2. The smallest absolute Gasteiger partial charge is 0.148 e. The molecule has 0 radical (unpaired) electrons. The van der Waals surface area contributed by atoms with Crippen LogP contribution in [0.1, 0.15) is 24.4 Å². The Kier molecular flexibility index (Phi) is 3.58. The van der Waals surface area contributed by atoms with Crippen molar-refractivity contribution in [2.45, 2.75) is 18.9 Å². The van der Waals surface area contributed by atoms with Crippen LogP contribution < -0.4 is 9.64 Å². The predicted octanol–water partition coefficient (Wildman–Crippen LogP) is 3.98. The fourth-order valence-electron chi connectivity index (χ4n) is 3.30. The molecule has 1 fully saturated rings. The van der Waals surface area contributed by atoms with Crippen molar-refractivity contribution < 1.29 is 4.74 Å². The maximum Gasteiger partial charge on any atom is 0.148 e. The number of anilines is 1. The molecule has 1 aliphatic heterocycles. The van der Waals surface area contributed by atoms with E-state index in [4.69, 9.17) is 9.72 Å². The molecule has 4 nitrogen and oxygen atoms in total. The maximum atomic E-state index is 5.26. The van der Waals surface area contributed by atoms with E-state index in [1.165, 1.54) is 12.0 Å². The molecule has 1 saturated heterocycles. The molecule has 2 heterocycles. The molecule has 4 heteroatoms. The van der Waals surface area contributed by atoms with Crippen molar-refractivity contribution >= 4 is 16.9 Å². The lowest BCUT2D eigenvalue weighted by Crippen LogP contribution is -2.23. The largest absolute Gasteiger partial charge is 0.497 e. The Morgan fingerprint density at radius 2 is 1.83 bits per heavy atom. The average molecular weight is 305 g/mol. The highest BCUT2D eigenvalue weighted by Gasteiger charge is 2.27. The van der Waals surface area contributed by atoms with Gasteiger partial charge in [0.15, 0.2) is 0 Å². The van der Waals surface area contributed by atoms with E-state index in [0.29, 0.717) is 6.04 Å². The van der Waals surface area contributed by atoms with E-state index in [2.05, 4.69) is 22.0 Å². The second kappa shape index (κ2) is 5.88. The van der Waals surface area contributed by atoms with Gasteiger partial charge in [0, 0.05) is 6.54 Å². The van der Waals surface area contributed by atoms with Gasteiger partial charge in [-0.15, -0.1) is 0 Å². The van der Waals surface area contributed by atoms with Gasteiger partial charge in [-0.2, -0.15) is 0 Å². The Morgan fingerprint density at radius 3 is 2.61 bits per heavy atom. The van der Waals surface area contributed by atoms with Crippen molar-refractivity contribution in [2.24, 2.45) is 0 Å². The molecule has 0 saturated carbocycles. The molecule has 1 unspecified atom stereocenters. The number of methoxy groups -OCH3 is 1. The summed E-state index contributed by atoms with van der Waals surface area (Å²) in [5.74, 6) is 1.85. The average Bonchev–Trinajstić information content (AvgIpc) is 3.11. The van der Waals surface area contributed by atoms with Crippen molar-refractivity contribution in [1.82, 2.24) is 9.97 Å². The number of ether oxygens (including phenoxy) is 1. The van der Waals surface area contributed by atoms with Gasteiger partial charge in [0.05, 0.1) is 30.4 Å². The van der Waals surface area contributed by atoms with Crippen LogP contribution in [-0.4, -0.2) is 23.6 Å². The standard InChI is InChI=1S/C19H19N3O/c1-23-15-10-8-14(9-11-15)18-7-4-12-22(18)19-13-20-16-5-2-3-6-17(16)21-19/h2-3,5-6,8-11,13,18H,4,7,12H2,1H3. The van der Waals surface area contributed by atoms with Gasteiger partial charge in [-0.25, -0.2) is 4.98 Å². The summed E-state index contributed by atoms with van der Waals surface area (Å²) >= 11 is 0. The monoisotopic (exact) mass is 305 g/mol. The summed E-state index contributed by atoms with van der Waals surface area (Å²) in [4.78, 5) is 11.7. The molecule has 23 heavy (non-hydrogen) atoms. The Balaban J connectivity index is 1.67. The van der Waals surface area contributed by atoms with Crippen LogP contribution in [0.4, 0.5) is 5.82 Å². The molecule has 0 aliphatic carbocycles. The van der Waals surface area contributed by atoms with Gasteiger partial charge in [-0.05, 0) is 42.7 Å². The third-order valence-corrected chi connectivity index (χ3v) is 4.48. The van der Waals surface area contributed by atoms with Gasteiger partial charge in [-0.1, -0.05) is 24.3 Å². The summed E-state index contributed by atoms with van der Waals surface area (Å²) in [5, 5.41) is 0. The van der Waals surface area contributed by atoms with Gasteiger partial charge in [0.25, 0.3) is 0 Å². The van der Waals surface area contributed by atoms with E-state index in [1.807, 2.05) is 42.6 Å². The SMILES string of the molecule is COc1ccc(C2CCCN2c2cnc3ccccc3n2)cc1. The number of hydrogen-bond donors (Lipinski definition) is 0. The van der Waals surface area contributed by atoms with Gasteiger partial charge < -0.3 is 9.64 Å². The van der Waals surface area contributed by atoms with Crippen LogP contribution in [0.25, 0.3) is 11.0 Å². The fraction of sp³-hybridized carbons (Fsp3) is 0.263. The quantitative estimate of drug-likeness (QED) is 0.733. The Hall–Kier alpha value is -2.62. The number of rotatable bonds is 3. The molecular weight excluding hydrogens is 286 g/mol. The van der Waals surface area contributed by atoms with Crippen LogP contribution in [0.15, 0.2) is 54.7 Å². The van der Waals surface area contributed by atoms with E-state index in [9.17, 15) is 0 Å². The van der Waals surface area contributed by atoms with E-state index in [1.54, 1.807) is 7.11 Å². The minimum Gasteiger partial charge on any atom is -0.497 e. The molecule has 0 bridgehead atoms. The molecule has 1 atom stereocenters. The maximum absolute atomic E-state index is 5.26. The molecule has 3 aromatic rings.